The van der Waals surface area contributed by atoms with Gasteiger partial charge < -0.3 is 14.8 Å². The number of rotatable bonds is 5. The van der Waals surface area contributed by atoms with Gasteiger partial charge in [0.25, 0.3) is 0 Å². The van der Waals surface area contributed by atoms with E-state index in [9.17, 15) is 4.79 Å². The van der Waals surface area contributed by atoms with Crippen molar-refractivity contribution in [3.05, 3.63) is 65.1 Å². The van der Waals surface area contributed by atoms with Crippen LogP contribution in [0.3, 0.4) is 0 Å². The number of amides is 1. The molecule has 5 nitrogen and oxygen atoms in total. The van der Waals surface area contributed by atoms with E-state index in [1.165, 1.54) is 0 Å². The summed E-state index contributed by atoms with van der Waals surface area (Å²) < 4.78 is 10.8. The maximum atomic E-state index is 13.4. The van der Waals surface area contributed by atoms with Crippen molar-refractivity contribution in [2.24, 2.45) is 5.92 Å². The Morgan fingerprint density at radius 3 is 2.57 bits per heavy atom. The Hall–Kier alpha value is -2.51. The molecule has 1 fully saturated rings. The molecule has 2 aliphatic rings. The van der Waals surface area contributed by atoms with Crippen LogP contribution < -0.4 is 14.8 Å². The highest BCUT2D eigenvalue weighted by atomic mass is 32.2. The molecule has 0 aliphatic carbocycles. The third kappa shape index (κ3) is 3.36. The van der Waals surface area contributed by atoms with Crippen LogP contribution in [0.5, 0.6) is 11.5 Å². The molecule has 0 aromatic heterocycles. The molecule has 2 heterocycles. The zero-order valence-electron chi connectivity index (χ0n) is 15.5. The Morgan fingerprint density at radius 2 is 1.86 bits per heavy atom. The lowest BCUT2D eigenvalue weighted by atomic mass is 9.91. The van der Waals surface area contributed by atoms with Gasteiger partial charge in [0.2, 0.25) is 5.91 Å². The number of benzene rings is 2. The van der Waals surface area contributed by atoms with Gasteiger partial charge in [-0.25, -0.2) is 0 Å². The van der Waals surface area contributed by atoms with Crippen LogP contribution in [-0.2, 0) is 11.3 Å². The number of hydrogen-bond donors (Lipinski definition) is 1. The first kappa shape index (κ1) is 18.8. The van der Waals surface area contributed by atoms with Crippen LogP contribution in [0.25, 0.3) is 5.57 Å². The summed E-state index contributed by atoms with van der Waals surface area (Å²) in [4.78, 5) is 15.0. The van der Waals surface area contributed by atoms with Gasteiger partial charge in [0.15, 0.2) is 16.6 Å². The van der Waals surface area contributed by atoms with Crippen molar-refractivity contribution in [3.63, 3.8) is 0 Å². The fourth-order valence-corrected chi connectivity index (χ4v) is 5.02. The number of methoxy groups -OCH3 is 2. The SMILES string of the molecule is COc1ccc(C2=CSC3NC(=S)N(Cc4ccccc4)C(=O)C23)cc1OC. The summed E-state index contributed by atoms with van der Waals surface area (Å²) in [5.74, 6) is 1.01. The highest BCUT2D eigenvalue weighted by Crippen LogP contribution is 2.44. The molecule has 28 heavy (non-hydrogen) atoms. The van der Waals surface area contributed by atoms with Crippen LogP contribution >= 0.6 is 24.0 Å². The molecule has 4 rings (SSSR count). The van der Waals surface area contributed by atoms with Gasteiger partial charge in [-0.15, -0.1) is 11.8 Å². The standard InChI is InChI=1S/C21H20N2O3S2/c1-25-16-9-8-14(10-17(16)26-2)15-12-28-19-18(15)20(24)23(21(27)22-19)11-13-6-4-3-5-7-13/h3-10,12,18-19H,11H2,1-2H3,(H,22,27). The van der Waals surface area contributed by atoms with Crippen LogP contribution in [0.1, 0.15) is 11.1 Å². The van der Waals surface area contributed by atoms with Crippen LogP contribution in [0, 0.1) is 5.92 Å². The van der Waals surface area contributed by atoms with Crippen LogP contribution in [0.4, 0.5) is 0 Å². The normalized spacial score (nSPS) is 21.1. The van der Waals surface area contributed by atoms with Gasteiger partial charge in [-0.2, -0.15) is 0 Å². The van der Waals surface area contributed by atoms with Gasteiger partial charge in [-0.1, -0.05) is 36.4 Å². The Balaban J connectivity index is 1.63. The highest BCUT2D eigenvalue weighted by molar-refractivity contribution is 8.03. The molecule has 2 aromatic carbocycles. The second kappa shape index (κ2) is 7.85. The molecule has 7 heteroatoms. The molecule has 2 aliphatic heterocycles. The molecule has 1 saturated heterocycles. The molecule has 2 unspecified atom stereocenters. The number of carbonyl (C=O) groups excluding carboxylic acids is 1. The van der Waals surface area contributed by atoms with Crippen molar-refractivity contribution >= 4 is 40.6 Å². The minimum absolute atomic E-state index is 0.0173. The fourth-order valence-electron chi connectivity index (χ4n) is 3.49. The Bertz CT molecular complexity index is 946. The molecule has 2 atom stereocenters. The van der Waals surface area contributed by atoms with Crippen molar-refractivity contribution in [2.45, 2.75) is 11.9 Å². The second-order valence-corrected chi connectivity index (χ2v) is 7.94. The van der Waals surface area contributed by atoms with E-state index >= 15 is 0 Å². The molecule has 1 N–H and O–H groups in total. The van der Waals surface area contributed by atoms with Gasteiger partial charge in [-0.05, 0) is 46.5 Å². The number of fused-ring (bicyclic) bond motifs is 1. The molecule has 0 spiro atoms. The number of nitrogens with zero attached hydrogens (tertiary/aromatic N) is 1. The average molecular weight is 413 g/mol. The van der Waals surface area contributed by atoms with Crippen LogP contribution in [0.2, 0.25) is 0 Å². The van der Waals surface area contributed by atoms with Crippen LogP contribution in [0.15, 0.2) is 53.9 Å². The number of nitrogens with one attached hydrogen (secondary N) is 1. The van der Waals surface area contributed by atoms with Crippen molar-refractivity contribution in [1.82, 2.24) is 10.2 Å². The first-order valence-corrected chi connectivity index (χ1v) is 10.2. The van der Waals surface area contributed by atoms with E-state index in [1.807, 2.05) is 53.9 Å². The van der Waals surface area contributed by atoms with Gasteiger partial charge in [0, 0.05) is 0 Å². The largest absolute Gasteiger partial charge is 0.493 e. The molecular weight excluding hydrogens is 392 g/mol. The fraction of sp³-hybridized carbons (Fsp3) is 0.238. The first-order valence-electron chi connectivity index (χ1n) is 8.86. The summed E-state index contributed by atoms with van der Waals surface area (Å²) >= 11 is 7.06. The lowest BCUT2D eigenvalue weighted by Gasteiger charge is -2.37. The van der Waals surface area contributed by atoms with Crippen LogP contribution in [-0.4, -0.2) is 35.5 Å². The summed E-state index contributed by atoms with van der Waals surface area (Å²) in [5, 5.41) is 5.75. The van der Waals surface area contributed by atoms with E-state index in [4.69, 9.17) is 21.7 Å². The van der Waals surface area contributed by atoms with E-state index < -0.39 is 0 Å². The van der Waals surface area contributed by atoms with Crippen molar-refractivity contribution < 1.29 is 14.3 Å². The van der Waals surface area contributed by atoms with E-state index in [1.54, 1.807) is 30.9 Å². The van der Waals surface area contributed by atoms with E-state index in [-0.39, 0.29) is 17.2 Å². The van der Waals surface area contributed by atoms with E-state index in [2.05, 4.69) is 5.32 Å². The van der Waals surface area contributed by atoms with Crippen molar-refractivity contribution in [1.29, 1.82) is 0 Å². The Labute approximate surface area is 173 Å². The predicted octanol–water partition coefficient (Wildman–Crippen LogP) is 3.65. The lowest BCUT2D eigenvalue weighted by molar-refractivity contribution is -0.131. The van der Waals surface area contributed by atoms with Crippen molar-refractivity contribution in [2.75, 3.05) is 14.2 Å². The Morgan fingerprint density at radius 1 is 1.11 bits per heavy atom. The predicted molar refractivity (Wildman–Crippen MR) is 115 cm³/mol. The number of ether oxygens (including phenoxy) is 2. The number of carbonyl (C=O) groups is 1. The summed E-state index contributed by atoms with van der Waals surface area (Å²) in [5.41, 5.74) is 2.95. The first-order chi connectivity index (χ1) is 13.6. The molecule has 0 bridgehead atoms. The van der Waals surface area contributed by atoms with Gasteiger partial charge in [0.05, 0.1) is 32.1 Å². The molecule has 2 aromatic rings. The topological polar surface area (TPSA) is 50.8 Å². The molecule has 1 amide bonds. The summed E-state index contributed by atoms with van der Waals surface area (Å²) in [6, 6.07) is 15.6. The summed E-state index contributed by atoms with van der Waals surface area (Å²) in [6.45, 7) is 0.457. The average Bonchev–Trinajstić information content (AvgIpc) is 3.15. The highest BCUT2D eigenvalue weighted by Gasteiger charge is 2.44. The monoisotopic (exact) mass is 412 g/mol. The minimum Gasteiger partial charge on any atom is -0.493 e. The van der Waals surface area contributed by atoms with Crippen molar-refractivity contribution in [3.8, 4) is 11.5 Å². The quantitative estimate of drug-likeness (QED) is 0.757. The summed E-state index contributed by atoms with van der Waals surface area (Å²) in [6.07, 6.45) is 0. The Kier molecular flexibility index (Phi) is 5.28. The molecule has 144 valence electrons. The van der Waals surface area contributed by atoms with Gasteiger partial charge in [-0.3, -0.25) is 9.69 Å². The third-order valence-electron chi connectivity index (χ3n) is 4.92. The number of thioether (sulfide) groups is 1. The summed E-state index contributed by atoms with van der Waals surface area (Å²) in [7, 11) is 3.21. The smallest absolute Gasteiger partial charge is 0.239 e. The number of hydrogen-bond acceptors (Lipinski definition) is 5. The third-order valence-corrected chi connectivity index (χ3v) is 6.33. The van der Waals surface area contributed by atoms with E-state index in [0.29, 0.717) is 23.2 Å². The zero-order valence-corrected chi connectivity index (χ0v) is 17.2. The van der Waals surface area contributed by atoms with Gasteiger partial charge in [0.1, 0.15) is 0 Å². The van der Waals surface area contributed by atoms with E-state index in [0.717, 1.165) is 16.7 Å². The van der Waals surface area contributed by atoms with Gasteiger partial charge >= 0.3 is 0 Å². The maximum absolute atomic E-state index is 13.4. The lowest BCUT2D eigenvalue weighted by Crippen LogP contribution is -2.57. The molecular formula is C21H20N2O3S2. The minimum atomic E-state index is -0.307. The molecule has 0 radical (unpaired) electrons. The second-order valence-electron chi connectivity index (χ2n) is 6.54. The maximum Gasteiger partial charge on any atom is 0.239 e. The number of thiocarbonyl (C=S) groups is 1. The zero-order chi connectivity index (χ0) is 19.7. The molecule has 0 saturated carbocycles.